The molecule has 0 radical (unpaired) electrons. The molecule has 32 heavy (non-hydrogen) atoms. The highest BCUT2D eigenvalue weighted by Gasteiger charge is 2.36. The Kier molecular flexibility index (Phi) is 4.68. The molecule has 1 atom stereocenters. The molecule has 13 heteroatoms. The first-order valence-electron chi connectivity index (χ1n) is 9.42. The predicted molar refractivity (Wildman–Crippen MR) is 100 cm³/mol. The first kappa shape index (κ1) is 20.2. The molecule has 0 saturated carbocycles. The highest BCUT2D eigenvalue weighted by molar-refractivity contribution is 5.61. The van der Waals surface area contributed by atoms with E-state index in [1.165, 1.54) is 23.0 Å². The summed E-state index contributed by atoms with van der Waals surface area (Å²) in [5.74, 6) is 0.00870. The zero-order valence-corrected chi connectivity index (χ0v) is 16.1. The van der Waals surface area contributed by atoms with E-state index in [1.54, 1.807) is 17.2 Å². The van der Waals surface area contributed by atoms with Gasteiger partial charge in [0, 0.05) is 37.3 Å². The van der Waals surface area contributed by atoms with Gasteiger partial charge in [-0.05, 0) is 18.2 Å². The highest BCUT2D eigenvalue weighted by atomic mass is 19.4. The lowest BCUT2D eigenvalue weighted by molar-refractivity contribution is -0.138. The number of aromatic nitrogens is 6. The Balaban J connectivity index is 1.59. The maximum Gasteiger partial charge on any atom is 0.419 e. The second-order valence-electron chi connectivity index (χ2n) is 7.03. The van der Waals surface area contributed by atoms with E-state index >= 15 is 0 Å². The van der Waals surface area contributed by atoms with Crippen LogP contribution in [0.5, 0.6) is 5.75 Å². The van der Waals surface area contributed by atoms with Gasteiger partial charge in [0.15, 0.2) is 5.75 Å². The van der Waals surface area contributed by atoms with Gasteiger partial charge in [-0.15, -0.1) is 0 Å². The van der Waals surface area contributed by atoms with Gasteiger partial charge in [-0.1, -0.05) is 0 Å². The van der Waals surface area contributed by atoms with E-state index in [-0.39, 0.29) is 11.7 Å². The van der Waals surface area contributed by atoms with Gasteiger partial charge in [0.05, 0.1) is 23.3 Å². The molecular weight excluding hydrogens is 437 g/mol. The molecule has 1 aliphatic heterocycles. The number of imidazole rings is 1. The third-order valence-electron chi connectivity index (χ3n) is 5.13. The molecule has 0 unspecified atom stereocenters. The van der Waals surface area contributed by atoms with Crippen LogP contribution < -0.4 is 9.64 Å². The summed E-state index contributed by atoms with van der Waals surface area (Å²) in [5, 5.41) is 4.48. The Labute approximate surface area is 176 Å². The van der Waals surface area contributed by atoms with Crippen LogP contribution in [-0.2, 0) is 12.6 Å². The average Bonchev–Trinajstić information content (AvgIpc) is 3.39. The van der Waals surface area contributed by atoms with E-state index in [0.717, 1.165) is 18.1 Å². The molecule has 5 rings (SSSR count). The Bertz CT molecular complexity index is 1250. The number of anilines is 1. The number of hydrogen-bond acceptors (Lipinski definition) is 6. The second kappa shape index (κ2) is 7.43. The van der Waals surface area contributed by atoms with Crippen LogP contribution in [0.1, 0.15) is 28.7 Å². The van der Waals surface area contributed by atoms with E-state index in [2.05, 4.69) is 29.8 Å². The standard InChI is InChI=1S/C19H14F5N7O/c20-17(21)32-14-2-1-4-31-13(14)6-12(29-31)16-15-11(27-9-28-15)3-5-30(16)18-25-7-10(8-26-18)19(22,23)24/h1-2,4,6-9,16-17H,3,5H2,(H,27,28)/t16-/m1/s1. The number of alkyl halides is 5. The highest BCUT2D eigenvalue weighted by Crippen LogP contribution is 2.37. The molecule has 166 valence electrons. The minimum absolute atomic E-state index is 0.0587. The number of pyridine rings is 1. The third-order valence-corrected chi connectivity index (χ3v) is 5.13. The number of H-pyrrole nitrogens is 1. The molecule has 8 nitrogen and oxygen atoms in total. The number of aromatic amines is 1. The normalized spacial score (nSPS) is 16.6. The van der Waals surface area contributed by atoms with Crippen molar-refractivity contribution in [2.75, 3.05) is 11.4 Å². The van der Waals surface area contributed by atoms with E-state index in [0.29, 0.717) is 29.9 Å². The lowest BCUT2D eigenvalue weighted by atomic mass is 10.00. The zero-order chi connectivity index (χ0) is 22.5. The molecule has 0 saturated heterocycles. The molecule has 0 spiro atoms. The SMILES string of the molecule is FC(F)Oc1cccn2nc([C@@H]3c4nc[nH]c4CCN3c3ncc(C(F)(F)F)cn3)cc12. The minimum Gasteiger partial charge on any atom is -0.433 e. The second-order valence-corrected chi connectivity index (χ2v) is 7.03. The number of halogens is 5. The summed E-state index contributed by atoms with van der Waals surface area (Å²) >= 11 is 0. The Morgan fingerprint density at radius 2 is 1.94 bits per heavy atom. The van der Waals surface area contributed by atoms with Gasteiger partial charge < -0.3 is 14.6 Å². The number of nitrogens with one attached hydrogen (secondary N) is 1. The van der Waals surface area contributed by atoms with E-state index < -0.39 is 24.4 Å². The van der Waals surface area contributed by atoms with Crippen LogP contribution in [0.15, 0.2) is 43.1 Å². The fraction of sp³-hybridized carbons (Fsp3) is 0.263. The lowest BCUT2D eigenvalue weighted by Crippen LogP contribution is -2.37. The summed E-state index contributed by atoms with van der Waals surface area (Å²) in [5.41, 5.74) is 1.20. The molecule has 0 amide bonds. The van der Waals surface area contributed by atoms with Gasteiger partial charge in [-0.3, -0.25) is 0 Å². The first-order chi connectivity index (χ1) is 15.3. The largest absolute Gasteiger partial charge is 0.433 e. The molecule has 5 heterocycles. The van der Waals surface area contributed by atoms with Crippen LogP contribution in [0.3, 0.4) is 0 Å². The molecular formula is C19H14F5N7O. The van der Waals surface area contributed by atoms with E-state index in [9.17, 15) is 22.0 Å². The van der Waals surface area contributed by atoms with Gasteiger partial charge in [-0.25, -0.2) is 19.5 Å². The summed E-state index contributed by atoms with van der Waals surface area (Å²) in [6.07, 6.45) is 0.497. The maximum atomic E-state index is 12.9. The number of fused-ring (bicyclic) bond motifs is 2. The Morgan fingerprint density at radius 1 is 1.16 bits per heavy atom. The van der Waals surface area contributed by atoms with Crippen LogP contribution in [0.25, 0.3) is 5.52 Å². The van der Waals surface area contributed by atoms with Crippen molar-refractivity contribution in [2.24, 2.45) is 0 Å². The van der Waals surface area contributed by atoms with Crippen molar-refractivity contribution in [2.45, 2.75) is 25.3 Å². The fourth-order valence-corrected chi connectivity index (χ4v) is 3.75. The third kappa shape index (κ3) is 3.48. The van der Waals surface area contributed by atoms with Crippen LogP contribution in [-0.4, -0.2) is 42.7 Å². The molecule has 0 fully saturated rings. The van der Waals surface area contributed by atoms with Crippen LogP contribution in [0, 0.1) is 0 Å². The van der Waals surface area contributed by atoms with Crippen molar-refractivity contribution in [3.05, 3.63) is 65.8 Å². The van der Waals surface area contributed by atoms with Gasteiger partial charge in [0.2, 0.25) is 5.95 Å². The van der Waals surface area contributed by atoms with Crippen LogP contribution >= 0.6 is 0 Å². The summed E-state index contributed by atoms with van der Waals surface area (Å²) in [6, 6.07) is 3.83. The van der Waals surface area contributed by atoms with Crippen molar-refractivity contribution < 1.29 is 26.7 Å². The van der Waals surface area contributed by atoms with Gasteiger partial charge >= 0.3 is 12.8 Å². The van der Waals surface area contributed by atoms with Crippen molar-refractivity contribution >= 4 is 11.5 Å². The summed E-state index contributed by atoms with van der Waals surface area (Å²) in [7, 11) is 0. The Hall–Kier alpha value is -3.77. The van der Waals surface area contributed by atoms with Crippen LogP contribution in [0.2, 0.25) is 0 Å². The summed E-state index contributed by atoms with van der Waals surface area (Å²) in [4.78, 5) is 16.9. The quantitative estimate of drug-likeness (QED) is 0.478. The summed E-state index contributed by atoms with van der Waals surface area (Å²) < 4.78 is 70.3. The van der Waals surface area contributed by atoms with Crippen LogP contribution in [0.4, 0.5) is 27.9 Å². The molecule has 4 aromatic heterocycles. The molecule has 4 aromatic rings. The smallest absolute Gasteiger partial charge is 0.419 e. The zero-order valence-electron chi connectivity index (χ0n) is 16.1. The fourth-order valence-electron chi connectivity index (χ4n) is 3.75. The number of hydrogen-bond donors (Lipinski definition) is 1. The van der Waals surface area contributed by atoms with Crippen molar-refractivity contribution in [3.63, 3.8) is 0 Å². The number of nitrogens with zero attached hydrogens (tertiary/aromatic N) is 6. The maximum absolute atomic E-state index is 12.9. The molecule has 1 N–H and O–H groups in total. The summed E-state index contributed by atoms with van der Waals surface area (Å²) in [6.45, 7) is -2.64. The average molecular weight is 451 g/mol. The Morgan fingerprint density at radius 3 is 2.66 bits per heavy atom. The molecule has 0 aromatic carbocycles. The lowest BCUT2D eigenvalue weighted by Gasteiger charge is -2.33. The van der Waals surface area contributed by atoms with Crippen molar-refractivity contribution in [1.29, 1.82) is 0 Å². The van der Waals surface area contributed by atoms with Crippen molar-refractivity contribution in [3.8, 4) is 5.75 Å². The van der Waals surface area contributed by atoms with E-state index in [1.807, 2.05) is 0 Å². The molecule has 1 aliphatic rings. The first-order valence-corrected chi connectivity index (χ1v) is 9.42. The number of ether oxygens (including phenoxy) is 1. The monoisotopic (exact) mass is 451 g/mol. The predicted octanol–water partition coefficient (Wildman–Crippen LogP) is 3.62. The van der Waals surface area contributed by atoms with Crippen molar-refractivity contribution in [1.82, 2.24) is 29.5 Å². The molecule has 0 bridgehead atoms. The van der Waals surface area contributed by atoms with Gasteiger partial charge in [0.25, 0.3) is 0 Å². The van der Waals surface area contributed by atoms with Gasteiger partial charge in [-0.2, -0.15) is 27.1 Å². The topological polar surface area (TPSA) is 84.2 Å². The minimum atomic E-state index is -4.56. The van der Waals surface area contributed by atoms with E-state index in [4.69, 9.17) is 0 Å². The van der Waals surface area contributed by atoms with Gasteiger partial charge in [0.1, 0.15) is 11.6 Å². The molecule has 0 aliphatic carbocycles. The number of rotatable bonds is 4.